The molecule has 0 saturated carbocycles. The zero-order valence-electron chi connectivity index (χ0n) is 16.3. The van der Waals surface area contributed by atoms with Gasteiger partial charge in [-0.3, -0.25) is 4.79 Å². The number of halogens is 2. The normalized spacial score (nSPS) is 10.1. The summed E-state index contributed by atoms with van der Waals surface area (Å²) >= 11 is 14.7. The summed E-state index contributed by atoms with van der Waals surface area (Å²) in [6, 6.07) is 23.3. The molecule has 0 atom stereocenters. The lowest BCUT2D eigenvalue weighted by atomic mass is 10.2. The number of thioether (sulfide) groups is 2. The van der Waals surface area contributed by atoms with Crippen LogP contribution in [0.5, 0.6) is 5.75 Å². The molecule has 4 nitrogen and oxygen atoms in total. The summed E-state index contributed by atoms with van der Waals surface area (Å²) in [5, 5.41) is 13.8. The highest BCUT2D eigenvalue weighted by molar-refractivity contribution is 8.22. The Morgan fingerprint density at radius 1 is 0.871 bits per heavy atom. The van der Waals surface area contributed by atoms with Crippen molar-refractivity contribution in [1.29, 1.82) is 5.26 Å². The van der Waals surface area contributed by atoms with Crippen LogP contribution in [0.2, 0.25) is 10.0 Å². The average Bonchev–Trinajstić information content (AvgIpc) is 2.80. The highest BCUT2D eigenvalue weighted by atomic mass is 35.5. The van der Waals surface area contributed by atoms with Gasteiger partial charge < -0.3 is 10.1 Å². The number of nitrogens with one attached hydrogen (secondary N) is 1. The second-order valence-corrected chi connectivity index (χ2v) is 9.37. The van der Waals surface area contributed by atoms with Crippen molar-refractivity contribution in [3.63, 3.8) is 0 Å². The van der Waals surface area contributed by atoms with E-state index in [0.29, 0.717) is 25.6 Å². The molecule has 0 aliphatic heterocycles. The third-order valence-corrected chi connectivity index (χ3v) is 6.75. The van der Waals surface area contributed by atoms with Gasteiger partial charge in [0.1, 0.15) is 17.5 Å². The standard InChI is InChI=1S/C23H16Cl2N2O2S2/c1-29-18-8-2-15(3-9-18)22(28)27-21(14-26)23(30-19-10-4-16(24)5-11-19)31-20-12-6-17(25)7-13-20/h2-13H,1H3,(H,27,28). The molecule has 1 N–H and O–H groups in total. The Balaban J connectivity index is 1.91. The lowest BCUT2D eigenvalue weighted by molar-refractivity contribution is 0.0967. The molecule has 0 unspecified atom stereocenters. The first-order valence-corrected chi connectivity index (χ1v) is 11.3. The molecule has 0 bridgehead atoms. The molecule has 3 aromatic carbocycles. The summed E-state index contributed by atoms with van der Waals surface area (Å²) in [6.45, 7) is 0. The second kappa shape index (κ2) is 11.2. The molecule has 8 heteroatoms. The van der Waals surface area contributed by atoms with Crippen LogP contribution in [0, 0.1) is 11.3 Å². The molecule has 0 radical (unpaired) electrons. The van der Waals surface area contributed by atoms with E-state index in [0.717, 1.165) is 9.79 Å². The third kappa shape index (κ3) is 6.71. The molecule has 156 valence electrons. The van der Waals surface area contributed by atoms with Crippen molar-refractivity contribution in [2.45, 2.75) is 9.79 Å². The largest absolute Gasteiger partial charge is 0.497 e. The maximum absolute atomic E-state index is 12.7. The van der Waals surface area contributed by atoms with Crippen LogP contribution in [-0.4, -0.2) is 13.0 Å². The molecular formula is C23H16Cl2N2O2S2. The molecule has 0 aliphatic rings. The van der Waals surface area contributed by atoms with Gasteiger partial charge in [-0.05, 0) is 72.8 Å². The number of nitrogens with zero attached hydrogens (tertiary/aromatic N) is 1. The number of benzene rings is 3. The molecule has 3 rings (SSSR count). The first-order chi connectivity index (χ1) is 15.0. The summed E-state index contributed by atoms with van der Waals surface area (Å²) in [5.41, 5.74) is 0.571. The Morgan fingerprint density at radius 2 is 1.35 bits per heavy atom. The fourth-order valence-electron chi connectivity index (χ4n) is 2.39. The number of carbonyl (C=O) groups excluding carboxylic acids is 1. The summed E-state index contributed by atoms with van der Waals surface area (Å²) < 4.78 is 5.74. The highest BCUT2D eigenvalue weighted by Crippen LogP contribution is 2.41. The lowest BCUT2D eigenvalue weighted by Crippen LogP contribution is -2.22. The van der Waals surface area contributed by atoms with Crippen LogP contribution in [0.25, 0.3) is 0 Å². The predicted molar refractivity (Wildman–Crippen MR) is 128 cm³/mol. The van der Waals surface area contributed by atoms with Gasteiger partial charge >= 0.3 is 0 Å². The predicted octanol–water partition coefficient (Wildman–Crippen LogP) is 7.01. The number of carbonyl (C=O) groups is 1. The van der Waals surface area contributed by atoms with Crippen molar-refractivity contribution in [3.8, 4) is 11.8 Å². The van der Waals surface area contributed by atoms with Gasteiger partial charge in [-0.15, -0.1) is 0 Å². The summed E-state index contributed by atoms with van der Waals surface area (Å²) in [4.78, 5) is 14.5. The molecule has 0 fully saturated rings. The molecule has 1 amide bonds. The Bertz CT molecular complexity index is 1070. The fraction of sp³-hybridized carbons (Fsp3) is 0.0435. The van der Waals surface area contributed by atoms with Gasteiger partial charge in [-0.25, -0.2) is 0 Å². The van der Waals surface area contributed by atoms with Crippen molar-refractivity contribution >= 4 is 52.6 Å². The van der Waals surface area contributed by atoms with E-state index in [1.807, 2.05) is 24.3 Å². The molecule has 0 aromatic heterocycles. The van der Waals surface area contributed by atoms with Crippen molar-refractivity contribution in [1.82, 2.24) is 5.32 Å². The fourth-order valence-corrected chi connectivity index (χ4v) is 4.76. The Labute approximate surface area is 199 Å². The summed E-state index contributed by atoms with van der Waals surface area (Å²) in [7, 11) is 1.56. The van der Waals surface area contributed by atoms with Crippen LogP contribution in [-0.2, 0) is 0 Å². The maximum atomic E-state index is 12.7. The lowest BCUT2D eigenvalue weighted by Gasteiger charge is -2.12. The van der Waals surface area contributed by atoms with Crippen molar-refractivity contribution in [2.75, 3.05) is 7.11 Å². The van der Waals surface area contributed by atoms with Gasteiger partial charge in [0, 0.05) is 25.4 Å². The van der Waals surface area contributed by atoms with Gasteiger partial charge in [0.05, 0.1) is 11.3 Å². The number of hydrogen-bond acceptors (Lipinski definition) is 5. The first-order valence-electron chi connectivity index (χ1n) is 8.95. The molecule has 0 spiro atoms. The number of ether oxygens (including phenoxy) is 1. The molecule has 31 heavy (non-hydrogen) atoms. The van der Waals surface area contributed by atoms with Crippen LogP contribution >= 0.6 is 46.7 Å². The topological polar surface area (TPSA) is 62.1 Å². The summed E-state index contributed by atoms with van der Waals surface area (Å²) in [5.74, 6) is 0.259. The van der Waals surface area contributed by atoms with E-state index in [4.69, 9.17) is 27.9 Å². The van der Waals surface area contributed by atoms with Crippen LogP contribution in [0.15, 0.2) is 92.5 Å². The number of rotatable bonds is 7. The van der Waals surface area contributed by atoms with E-state index in [9.17, 15) is 10.1 Å². The zero-order chi connectivity index (χ0) is 22.2. The van der Waals surface area contributed by atoms with Gasteiger partial charge in [-0.1, -0.05) is 46.7 Å². The highest BCUT2D eigenvalue weighted by Gasteiger charge is 2.15. The van der Waals surface area contributed by atoms with E-state index >= 15 is 0 Å². The van der Waals surface area contributed by atoms with Crippen LogP contribution in [0.1, 0.15) is 10.4 Å². The number of nitriles is 1. The van der Waals surface area contributed by atoms with Gasteiger partial charge in [0.2, 0.25) is 0 Å². The van der Waals surface area contributed by atoms with Crippen molar-refractivity contribution < 1.29 is 9.53 Å². The average molecular weight is 487 g/mol. The smallest absolute Gasteiger partial charge is 0.256 e. The van der Waals surface area contributed by atoms with E-state index in [1.165, 1.54) is 23.5 Å². The molecule has 0 saturated heterocycles. The Hall–Kier alpha value is -2.56. The van der Waals surface area contributed by atoms with E-state index in [2.05, 4.69) is 11.4 Å². The minimum atomic E-state index is -0.384. The number of amides is 1. The molecule has 3 aromatic rings. The van der Waals surface area contributed by atoms with Gasteiger partial charge in [0.25, 0.3) is 5.91 Å². The molecular weight excluding hydrogens is 471 g/mol. The quantitative estimate of drug-likeness (QED) is 0.287. The Morgan fingerprint density at radius 3 is 1.77 bits per heavy atom. The number of hydrogen-bond donors (Lipinski definition) is 1. The maximum Gasteiger partial charge on any atom is 0.256 e. The molecule has 0 aliphatic carbocycles. The van der Waals surface area contributed by atoms with Crippen molar-refractivity contribution in [3.05, 3.63) is 98.3 Å². The Kier molecular flexibility index (Phi) is 8.33. The van der Waals surface area contributed by atoms with E-state index < -0.39 is 0 Å². The SMILES string of the molecule is COc1ccc(C(=O)NC(C#N)=C(Sc2ccc(Cl)cc2)Sc2ccc(Cl)cc2)cc1. The van der Waals surface area contributed by atoms with E-state index in [-0.39, 0.29) is 11.6 Å². The van der Waals surface area contributed by atoms with Crippen LogP contribution in [0.4, 0.5) is 0 Å². The van der Waals surface area contributed by atoms with Crippen LogP contribution < -0.4 is 10.1 Å². The number of methoxy groups -OCH3 is 1. The van der Waals surface area contributed by atoms with Gasteiger partial charge in [0.15, 0.2) is 0 Å². The monoisotopic (exact) mass is 486 g/mol. The van der Waals surface area contributed by atoms with Crippen molar-refractivity contribution in [2.24, 2.45) is 0 Å². The second-order valence-electron chi connectivity index (χ2n) is 6.07. The first kappa shape index (κ1) is 23.1. The van der Waals surface area contributed by atoms with Crippen LogP contribution in [0.3, 0.4) is 0 Å². The number of allylic oxidation sites excluding steroid dienone is 1. The van der Waals surface area contributed by atoms with Gasteiger partial charge in [-0.2, -0.15) is 5.26 Å². The summed E-state index contributed by atoms with van der Waals surface area (Å²) in [6.07, 6.45) is 0. The van der Waals surface area contributed by atoms with E-state index in [1.54, 1.807) is 55.6 Å². The molecule has 0 heterocycles. The minimum absolute atomic E-state index is 0.153. The zero-order valence-corrected chi connectivity index (χ0v) is 19.4. The minimum Gasteiger partial charge on any atom is -0.497 e. The third-order valence-electron chi connectivity index (χ3n) is 3.96.